The van der Waals surface area contributed by atoms with Crippen LogP contribution in [-0.4, -0.2) is 76.5 Å². The van der Waals surface area contributed by atoms with Gasteiger partial charge in [-0.15, -0.1) is 0 Å². The molecule has 0 radical (unpaired) electrons. The summed E-state index contributed by atoms with van der Waals surface area (Å²) >= 11 is 0. The van der Waals surface area contributed by atoms with E-state index in [-0.39, 0.29) is 12.3 Å². The molecule has 1 aromatic heterocycles. The van der Waals surface area contributed by atoms with Gasteiger partial charge in [0, 0.05) is 62.2 Å². The Morgan fingerprint density at radius 2 is 1.84 bits per heavy atom. The first-order valence-corrected chi connectivity index (χ1v) is 16.9. The quantitative estimate of drug-likeness (QED) is 0.330. The molecule has 1 spiro atoms. The first-order chi connectivity index (χ1) is 21.1. The molecule has 2 amide bonds. The minimum Gasteiger partial charge on any atom is -0.444 e. The molecule has 3 fully saturated rings. The van der Waals surface area contributed by atoms with Crippen LogP contribution in [0.5, 0.6) is 0 Å². The number of hydrogen-bond donors (Lipinski definition) is 0. The molecule has 6 rings (SSSR count). The van der Waals surface area contributed by atoms with Crippen molar-refractivity contribution in [2.75, 3.05) is 38.2 Å². The lowest BCUT2D eigenvalue weighted by atomic mass is 9.66. The van der Waals surface area contributed by atoms with Crippen LogP contribution >= 0.6 is 0 Å². The zero-order valence-electron chi connectivity index (χ0n) is 27.4. The summed E-state index contributed by atoms with van der Waals surface area (Å²) in [6.07, 6.45) is 11.0. The van der Waals surface area contributed by atoms with Gasteiger partial charge in [-0.25, -0.2) is 9.48 Å². The maximum absolute atomic E-state index is 14.0. The topological polar surface area (TPSA) is 80.1 Å². The highest BCUT2D eigenvalue weighted by Crippen LogP contribution is 2.55. The lowest BCUT2D eigenvalue weighted by molar-refractivity contribution is -0.124. The second-order valence-electron chi connectivity index (χ2n) is 14.4. The van der Waals surface area contributed by atoms with Crippen LogP contribution in [0, 0.1) is 0 Å². The van der Waals surface area contributed by atoms with Gasteiger partial charge < -0.3 is 24.2 Å². The molecule has 1 atom stereocenters. The molecule has 9 nitrogen and oxygen atoms in total. The number of ether oxygens (including phenoxy) is 2. The molecule has 3 heterocycles. The van der Waals surface area contributed by atoms with Gasteiger partial charge in [0.15, 0.2) is 0 Å². The van der Waals surface area contributed by atoms with Gasteiger partial charge in [0.2, 0.25) is 5.91 Å². The summed E-state index contributed by atoms with van der Waals surface area (Å²) in [4.78, 5) is 32.9. The normalized spacial score (nSPS) is 25.5. The number of fused-ring (bicyclic) bond motifs is 2. The van der Waals surface area contributed by atoms with Gasteiger partial charge in [0.05, 0.1) is 11.1 Å². The van der Waals surface area contributed by atoms with Crippen molar-refractivity contribution in [3.05, 3.63) is 47.3 Å². The zero-order chi connectivity index (χ0) is 31.1. The summed E-state index contributed by atoms with van der Waals surface area (Å²) < 4.78 is 13.8. The van der Waals surface area contributed by atoms with Crippen molar-refractivity contribution in [3.8, 4) is 0 Å². The Balaban J connectivity index is 1.17. The van der Waals surface area contributed by atoms with Crippen molar-refractivity contribution >= 4 is 17.7 Å². The first kappa shape index (κ1) is 31.1. The number of benzene rings is 1. The molecular weight excluding hydrogens is 554 g/mol. The van der Waals surface area contributed by atoms with Gasteiger partial charge in [-0.2, -0.15) is 5.10 Å². The van der Waals surface area contributed by atoms with Crippen molar-refractivity contribution in [2.24, 2.45) is 0 Å². The van der Waals surface area contributed by atoms with E-state index in [1.165, 1.54) is 11.1 Å². The Bertz CT molecular complexity index is 1330. The van der Waals surface area contributed by atoms with Crippen molar-refractivity contribution in [3.63, 3.8) is 0 Å². The Labute approximate surface area is 262 Å². The van der Waals surface area contributed by atoms with Gasteiger partial charge in [-0.3, -0.25) is 4.79 Å². The first-order valence-electron chi connectivity index (χ1n) is 16.9. The number of hydrogen-bond acceptors (Lipinski definition) is 6. The summed E-state index contributed by atoms with van der Waals surface area (Å²) in [6, 6.07) is 8.89. The van der Waals surface area contributed by atoms with Crippen LogP contribution in [0.4, 0.5) is 10.5 Å². The number of rotatable bonds is 9. The SMILES string of the molecule is CCN(CCN(C)Cc1cn(C2CCCCO2)nc1C1CCC2(CC1)C(=O)N(C1CC1)c1ccccc12)C(=O)OC(C)(C)C. The second kappa shape index (κ2) is 12.5. The maximum Gasteiger partial charge on any atom is 0.410 e. The second-order valence-corrected chi connectivity index (χ2v) is 14.4. The summed E-state index contributed by atoms with van der Waals surface area (Å²) in [6.45, 7) is 11.1. The van der Waals surface area contributed by atoms with Crippen LogP contribution in [0.25, 0.3) is 0 Å². The van der Waals surface area contributed by atoms with Crippen molar-refractivity contribution < 1.29 is 19.1 Å². The Morgan fingerprint density at radius 1 is 1.09 bits per heavy atom. The van der Waals surface area contributed by atoms with Gasteiger partial charge in [0.1, 0.15) is 11.8 Å². The van der Waals surface area contributed by atoms with E-state index < -0.39 is 11.0 Å². The third-order valence-corrected chi connectivity index (χ3v) is 9.96. The molecule has 1 aromatic carbocycles. The Kier molecular flexibility index (Phi) is 8.81. The standard InChI is InChI=1S/C35H51N5O4/c1-6-38(33(42)44-34(2,3)4)21-20-37(5)23-26-24-39(30-13-9-10-22-43-30)36-31(26)25-16-18-35(19-17-25)28-11-7-8-12-29(28)40(32(35)41)27-14-15-27/h7-8,11-12,24-25,27,30H,6,9-10,13-23H2,1-5H3. The van der Waals surface area contributed by atoms with Crippen molar-refractivity contribution in [1.29, 1.82) is 0 Å². The van der Waals surface area contributed by atoms with Crippen LogP contribution in [0.3, 0.4) is 0 Å². The fourth-order valence-electron chi connectivity index (χ4n) is 7.46. The van der Waals surface area contributed by atoms with E-state index >= 15 is 0 Å². The van der Waals surface area contributed by atoms with E-state index in [1.54, 1.807) is 4.90 Å². The van der Waals surface area contributed by atoms with Gasteiger partial charge in [0.25, 0.3) is 0 Å². The molecule has 4 aliphatic rings. The number of likely N-dealkylation sites (N-methyl/N-ethyl adjacent to an activating group) is 2. The Morgan fingerprint density at radius 3 is 2.50 bits per heavy atom. The highest BCUT2D eigenvalue weighted by molar-refractivity contribution is 6.09. The van der Waals surface area contributed by atoms with Gasteiger partial charge in [-0.1, -0.05) is 18.2 Å². The predicted octanol–water partition coefficient (Wildman–Crippen LogP) is 6.38. The number of para-hydroxylation sites is 1. The lowest BCUT2D eigenvalue weighted by Crippen LogP contribution is -2.43. The summed E-state index contributed by atoms with van der Waals surface area (Å²) in [7, 11) is 2.11. The number of aromatic nitrogens is 2. The molecule has 1 unspecified atom stereocenters. The van der Waals surface area contributed by atoms with Crippen molar-refractivity contribution in [2.45, 2.75) is 121 Å². The fraction of sp³-hybridized carbons (Fsp3) is 0.686. The average molecular weight is 606 g/mol. The number of amides is 2. The molecule has 2 saturated carbocycles. The number of carbonyl (C=O) groups excluding carboxylic acids is 2. The summed E-state index contributed by atoms with van der Waals surface area (Å²) in [5.74, 6) is 0.629. The molecule has 44 heavy (non-hydrogen) atoms. The number of anilines is 1. The van der Waals surface area contributed by atoms with E-state index in [1.807, 2.05) is 27.7 Å². The number of carbonyl (C=O) groups is 2. The molecular formula is C35H51N5O4. The van der Waals surface area contributed by atoms with E-state index in [2.05, 4.69) is 52.0 Å². The highest BCUT2D eigenvalue weighted by atomic mass is 16.6. The molecule has 1 saturated heterocycles. The lowest BCUT2D eigenvalue weighted by Gasteiger charge is -2.36. The smallest absolute Gasteiger partial charge is 0.410 e. The Hall–Kier alpha value is -2.91. The van der Waals surface area contributed by atoms with Crippen LogP contribution < -0.4 is 4.90 Å². The molecule has 2 aromatic rings. The largest absolute Gasteiger partial charge is 0.444 e. The molecule has 240 valence electrons. The zero-order valence-corrected chi connectivity index (χ0v) is 27.4. The third kappa shape index (κ3) is 6.27. The van der Waals surface area contributed by atoms with Crippen LogP contribution in [-0.2, 0) is 26.2 Å². The van der Waals surface area contributed by atoms with Gasteiger partial charge in [-0.05, 0) is 104 Å². The summed E-state index contributed by atoms with van der Waals surface area (Å²) in [5.41, 5.74) is 3.85. The fourth-order valence-corrected chi connectivity index (χ4v) is 7.46. The van der Waals surface area contributed by atoms with E-state index in [0.717, 1.165) is 88.9 Å². The van der Waals surface area contributed by atoms with Crippen molar-refractivity contribution in [1.82, 2.24) is 19.6 Å². The predicted molar refractivity (Wildman–Crippen MR) is 171 cm³/mol. The van der Waals surface area contributed by atoms with E-state index in [4.69, 9.17) is 14.6 Å². The van der Waals surface area contributed by atoms with E-state index in [0.29, 0.717) is 31.0 Å². The van der Waals surface area contributed by atoms with Gasteiger partial charge >= 0.3 is 6.09 Å². The van der Waals surface area contributed by atoms with Crippen LogP contribution in [0.2, 0.25) is 0 Å². The minimum atomic E-state index is -0.513. The molecule has 0 N–H and O–H groups in total. The average Bonchev–Trinajstić information content (AvgIpc) is 3.71. The summed E-state index contributed by atoms with van der Waals surface area (Å²) in [5, 5.41) is 5.21. The maximum atomic E-state index is 14.0. The van der Waals surface area contributed by atoms with E-state index in [9.17, 15) is 9.59 Å². The van der Waals surface area contributed by atoms with Crippen LogP contribution in [0.1, 0.15) is 114 Å². The highest BCUT2D eigenvalue weighted by Gasteiger charge is 2.55. The third-order valence-electron chi connectivity index (χ3n) is 9.96. The molecule has 9 heteroatoms. The van der Waals surface area contributed by atoms with Crippen LogP contribution in [0.15, 0.2) is 30.5 Å². The molecule has 2 aliphatic carbocycles. The minimum absolute atomic E-state index is 0.0189. The monoisotopic (exact) mass is 605 g/mol. The number of nitrogens with zero attached hydrogens (tertiary/aromatic N) is 5. The molecule has 2 aliphatic heterocycles. The molecule has 0 bridgehead atoms.